The SMILES string of the molecule is CC(O)CCN(C)C(=O)Nc1ccc(-c2ccn[nH]2)cc1. The van der Waals surface area contributed by atoms with Crippen molar-refractivity contribution in [3.8, 4) is 11.3 Å². The summed E-state index contributed by atoms with van der Waals surface area (Å²) >= 11 is 0. The maximum absolute atomic E-state index is 12.0. The lowest BCUT2D eigenvalue weighted by molar-refractivity contribution is 0.167. The van der Waals surface area contributed by atoms with Gasteiger partial charge >= 0.3 is 6.03 Å². The van der Waals surface area contributed by atoms with E-state index in [9.17, 15) is 9.90 Å². The van der Waals surface area contributed by atoms with E-state index in [1.54, 1.807) is 25.1 Å². The predicted octanol–water partition coefficient (Wildman–Crippen LogP) is 2.31. The van der Waals surface area contributed by atoms with E-state index in [4.69, 9.17) is 0 Å². The maximum Gasteiger partial charge on any atom is 0.321 e. The first kappa shape index (κ1) is 15.1. The van der Waals surface area contributed by atoms with Gasteiger partial charge in [0.25, 0.3) is 0 Å². The van der Waals surface area contributed by atoms with Crippen LogP contribution >= 0.6 is 0 Å². The molecule has 0 saturated heterocycles. The largest absolute Gasteiger partial charge is 0.393 e. The molecule has 112 valence electrons. The molecule has 0 aliphatic rings. The molecule has 3 N–H and O–H groups in total. The Morgan fingerprint density at radius 2 is 2.10 bits per heavy atom. The van der Waals surface area contributed by atoms with Crippen LogP contribution in [0.1, 0.15) is 13.3 Å². The second-order valence-electron chi connectivity index (χ2n) is 5.04. The van der Waals surface area contributed by atoms with Crippen molar-refractivity contribution in [3.63, 3.8) is 0 Å². The van der Waals surface area contributed by atoms with Gasteiger partial charge in [0.2, 0.25) is 0 Å². The molecule has 6 nitrogen and oxygen atoms in total. The fourth-order valence-corrected chi connectivity index (χ4v) is 1.85. The quantitative estimate of drug-likeness (QED) is 0.789. The number of carbonyl (C=O) groups is 1. The lowest BCUT2D eigenvalue weighted by atomic mass is 10.1. The predicted molar refractivity (Wildman–Crippen MR) is 82.0 cm³/mol. The van der Waals surface area contributed by atoms with E-state index in [1.165, 1.54) is 0 Å². The molecule has 2 rings (SSSR count). The minimum Gasteiger partial charge on any atom is -0.393 e. The Morgan fingerprint density at radius 1 is 1.38 bits per heavy atom. The minimum atomic E-state index is -0.408. The van der Waals surface area contributed by atoms with Crippen molar-refractivity contribution >= 4 is 11.7 Å². The molecule has 6 heteroatoms. The highest BCUT2D eigenvalue weighted by atomic mass is 16.3. The average Bonchev–Trinajstić information content (AvgIpc) is 2.99. The number of H-pyrrole nitrogens is 1. The number of nitrogens with one attached hydrogen (secondary N) is 2. The number of amides is 2. The van der Waals surface area contributed by atoms with Gasteiger partial charge in [-0.15, -0.1) is 0 Å². The lowest BCUT2D eigenvalue weighted by Crippen LogP contribution is -2.33. The number of aromatic nitrogens is 2. The first-order valence-electron chi connectivity index (χ1n) is 6.86. The van der Waals surface area contributed by atoms with Crippen molar-refractivity contribution in [3.05, 3.63) is 36.5 Å². The highest BCUT2D eigenvalue weighted by Gasteiger charge is 2.09. The monoisotopic (exact) mass is 288 g/mol. The number of hydrogen-bond donors (Lipinski definition) is 3. The molecule has 1 aromatic carbocycles. The third-order valence-electron chi connectivity index (χ3n) is 3.18. The van der Waals surface area contributed by atoms with Crippen LogP contribution in [-0.2, 0) is 0 Å². The van der Waals surface area contributed by atoms with Gasteiger partial charge in [0, 0.05) is 25.5 Å². The van der Waals surface area contributed by atoms with Crippen LogP contribution in [0.2, 0.25) is 0 Å². The average molecular weight is 288 g/mol. The summed E-state index contributed by atoms with van der Waals surface area (Å²) in [5, 5.41) is 18.8. The van der Waals surface area contributed by atoms with E-state index in [1.807, 2.05) is 30.3 Å². The summed E-state index contributed by atoms with van der Waals surface area (Å²) in [6.07, 6.45) is 1.85. The Kier molecular flexibility index (Phi) is 4.94. The number of nitrogens with zero attached hydrogens (tertiary/aromatic N) is 2. The molecule has 0 aliphatic heterocycles. The van der Waals surface area contributed by atoms with Crippen LogP contribution in [0, 0.1) is 0 Å². The number of rotatable bonds is 5. The lowest BCUT2D eigenvalue weighted by Gasteiger charge is -2.18. The summed E-state index contributed by atoms with van der Waals surface area (Å²) < 4.78 is 0. The summed E-state index contributed by atoms with van der Waals surface area (Å²) in [6.45, 7) is 2.22. The molecule has 2 aromatic rings. The summed E-state index contributed by atoms with van der Waals surface area (Å²) in [7, 11) is 1.71. The van der Waals surface area contributed by atoms with Gasteiger partial charge in [0.05, 0.1) is 11.8 Å². The summed E-state index contributed by atoms with van der Waals surface area (Å²) in [4.78, 5) is 13.5. The zero-order valence-electron chi connectivity index (χ0n) is 12.2. The van der Waals surface area contributed by atoms with E-state index in [0.717, 1.165) is 16.9 Å². The number of carbonyl (C=O) groups excluding carboxylic acids is 1. The van der Waals surface area contributed by atoms with Gasteiger partial charge in [-0.3, -0.25) is 5.10 Å². The molecule has 0 bridgehead atoms. The Hall–Kier alpha value is -2.34. The van der Waals surface area contributed by atoms with Crippen LogP contribution in [0.5, 0.6) is 0 Å². The summed E-state index contributed by atoms with van der Waals surface area (Å²) in [5.41, 5.74) is 2.67. The third kappa shape index (κ3) is 4.32. The number of hydrogen-bond acceptors (Lipinski definition) is 3. The molecular weight excluding hydrogens is 268 g/mol. The van der Waals surface area contributed by atoms with Crippen molar-refractivity contribution in [2.45, 2.75) is 19.4 Å². The molecule has 1 heterocycles. The van der Waals surface area contributed by atoms with Crippen LogP contribution in [0.4, 0.5) is 10.5 Å². The van der Waals surface area contributed by atoms with Gasteiger partial charge in [-0.1, -0.05) is 12.1 Å². The highest BCUT2D eigenvalue weighted by Crippen LogP contribution is 2.19. The molecular formula is C15H20N4O2. The van der Waals surface area contributed by atoms with E-state index in [-0.39, 0.29) is 6.03 Å². The Balaban J connectivity index is 1.92. The molecule has 0 fully saturated rings. The zero-order valence-corrected chi connectivity index (χ0v) is 12.2. The number of aliphatic hydroxyl groups excluding tert-OH is 1. The molecule has 0 aliphatic carbocycles. The first-order chi connectivity index (χ1) is 10.1. The molecule has 21 heavy (non-hydrogen) atoms. The van der Waals surface area contributed by atoms with E-state index >= 15 is 0 Å². The van der Waals surface area contributed by atoms with Crippen LogP contribution in [0.15, 0.2) is 36.5 Å². The molecule has 0 spiro atoms. The van der Waals surface area contributed by atoms with Gasteiger partial charge in [0.1, 0.15) is 0 Å². The molecule has 0 radical (unpaired) electrons. The van der Waals surface area contributed by atoms with E-state index < -0.39 is 6.10 Å². The van der Waals surface area contributed by atoms with Crippen LogP contribution < -0.4 is 5.32 Å². The van der Waals surface area contributed by atoms with Gasteiger partial charge in [-0.2, -0.15) is 5.10 Å². The van der Waals surface area contributed by atoms with E-state index in [0.29, 0.717) is 13.0 Å². The standard InChI is InChI=1S/C15H20N4O2/c1-11(20)8-10-19(2)15(21)17-13-5-3-12(4-6-13)14-7-9-16-18-14/h3-7,9,11,20H,8,10H2,1-2H3,(H,16,18)(H,17,21). The molecule has 2 amide bonds. The van der Waals surface area contributed by atoms with Crippen LogP contribution in [0.25, 0.3) is 11.3 Å². The molecule has 1 atom stereocenters. The molecule has 0 saturated carbocycles. The second-order valence-corrected chi connectivity index (χ2v) is 5.04. The number of aromatic amines is 1. The van der Waals surface area contributed by atoms with E-state index in [2.05, 4.69) is 15.5 Å². The number of urea groups is 1. The van der Waals surface area contributed by atoms with Crippen molar-refractivity contribution < 1.29 is 9.90 Å². The zero-order chi connectivity index (χ0) is 15.2. The first-order valence-corrected chi connectivity index (χ1v) is 6.86. The van der Waals surface area contributed by atoms with Gasteiger partial charge < -0.3 is 15.3 Å². The van der Waals surface area contributed by atoms with Gasteiger partial charge in [-0.25, -0.2) is 4.79 Å². The van der Waals surface area contributed by atoms with Gasteiger partial charge in [0.15, 0.2) is 0 Å². The fourth-order valence-electron chi connectivity index (χ4n) is 1.85. The Morgan fingerprint density at radius 3 is 2.67 bits per heavy atom. The van der Waals surface area contributed by atoms with Crippen LogP contribution in [-0.4, -0.2) is 45.9 Å². The minimum absolute atomic E-state index is 0.190. The number of anilines is 1. The highest BCUT2D eigenvalue weighted by molar-refractivity contribution is 5.89. The van der Waals surface area contributed by atoms with Gasteiger partial charge in [-0.05, 0) is 37.1 Å². The normalized spacial score (nSPS) is 12.0. The van der Waals surface area contributed by atoms with Crippen molar-refractivity contribution in [1.82, 2.24) is 15.1 Å². The Labute approximate surface area is 123 Å². The van der Waals surface area contributed by atoms with Crippen molar-refractivity contribution in [1.29, 1.82) is 0 Å². The number of aliphatic hydroxyl groups is 1. The van der Waals surface area contributed by atoms with Crippen molar-refractivity contribution in [2.75, 3.05) is 18.9 Å². The summed E-state index contributed by atoms with van der Waals surface area (Å²) in [5.74, 6) is 0. The smallest absolute Gasteiger partial charge is 0.321 e. The number of benzene rings is 1. The molecule has 1 aromatic heterocycles. The van der Waals surface area contributed by atoms with Crippen molar-refractivity contribution in [2.24, 2.45) is 0 Å². The topological polar surface area (TPSA) is 81.2 Å². The fraction of sp³-hybridized carbons (Fsp3) is 0.333. The summed E-state index contributed by atoms with van der Waals surface area (Å²) in [6, 6.07) is 9.22. The second kappa shape index (κ2) is 6.90. The maximum atomic E-state index is 12.0. The third-order valence-corrected chi connectivity index (χ3v) is 3.18. The van der Waals surface area contributed by atoms with Crippen LogP contribution in [0.3, 0.4) is 0 Å². The molecule has 1 unspecified atom stereocenters. The Bertz CT molecular complexity index is 564.